The summed E-state index contributed by atoms with van der Waals surface area (Å²) in [7, 11) is 0. The largest absolute Gasteiger partial charge is 0.480 e. The maximum absolute atomic E-state index is 11.5. The van der Waals surface area contributed by atoms with Crippen molar-refractivity contribution in [3.05, 3.63) is 34.7 Å². The first-order valence-corrected chi connectivity index (χ1v) is 6.26. The highest BCUT2D eigenvalue weighted by atomic mass is 32.1. The summed E-state index contributed by atoms with van der Waals surface area (Å²) in [5.41, 5.74) is 0.268. The van der Waals surface area contributed by atoms with Crippen molar-refractivity contribution in [3.8, 4) is 0 Å². The van der Waals surface area contributed by atoms with Gasteiger partial charge in [0.25, 0.3) is 0 Å². The number of thiophene rings is 1. The zero-order valence-corrected chi connectivity index (χ0v) is 10.2. The molecule has 0 atom stereocenters. The van der Waals surface area contributed by atoms with Gasteiger partial charge in [-0.25, -0.2) is 0 Å². The molecular weight excluding hydrogens is 236 g/mol. The fraction of sp³-hybridized carbons (Fsp3) is 0.308. The molecule has 1 aromatic heterocycles. The average Bonchev–Trinajstić information content (AvgIpc) is 2.56. The van der Waals surface area contributed by atoms with Crippen molar-refractivity contribution in [2.75, 3.05) is 13.2 Å². The van der Waals surface area contributed by atoms with Crippen LogP contribution in [-0.4, -0.2) is 24.3 Å². The molecule has 3 rings (SSSR count). The smallest absolute Gasteiger partial charge is 0.319 e. The van der Waals surface area contributed by atoms with E-state index in [1.165, 1.54) is 0 Å². The van der Waals surface area contributed by atoms with Gasteiger partial charge in [-0.15, -0.1) is 11.3 Å². The van der Waals surface area contributed by atoms with Crippen LogP contribution in [0, 0.1) is 6.92 Å². The van der Waals surface area contributed by atoms with Crippen LogP contribution in [0.3, 0.4) is 0 Å². The molecule has 17 heavy (non-hydrogen) atoms. The van der Waals surface area contributed by atoms with Gasteiger partial charge < -0.3 is 9.84 Å². The summed E-state index contributed by atoms with van der Waals surface area (Å²) in [4.78, 5) is 12.4. The lowest BCUT2D eigenvalue weighted by Gasteiger charge is -2.37. The molecule has 1 aliphatic rings. The standard InChI is InChI=1S/C13H12O3S/c1-8-9-4-2-3-5-10(9)17-11(8)13(12(14)15)6-16-7-13/h2-5H,6-7H2,1H3,(H,14,15). The molecule has 0 radical (unpaired) electrons. The van der Waals surface area contributed by atoms with Crippen molar-refractivity contribution < 1.29 is 14.6 Å². The van der Waals surface area contributed by atoms with E-state index in [1.807, 2.05) is 31.2 Å². The molecule has 88 valence electrons. The summed E-state index contributed by atoms with van der Waals surface area (Å²) in [5.74, 6) is -0.779. The number of carboxylic acids is 1. The highest BCUT2D eigenvalue weighted by Gasteiger charge is 2.50. The van der Waals surface area contributed by atoms with Gasteiger partial charge >= 0.3 is 5.97 Å². The van der Waals surface area contributed by atoms with E-state index in [2.05, 4.69) is 0 Å². The monoisotopic (exact) mass is 248 g/mol. The number of hydrogen-bond acceptors (Lipinski definition) is 3. The second kappa shape index (κ2) is 3.55. The summed E-state index contributed by atoms with van der Waals surface area (Å²) in [6, 6.07) is 8.04. The average molecular weight is 248 g/mol. The Morgan fingerprint density at radius 2 is 2.12 bits per heavy atom. The minimum Gasteiger partial charge on any atom is -0.480 e. The van der Waals surface area contributed by atoms with Gasteiger partial charge in [0.05, 0.1) is 13.2 Å². The van der Waals surface area contributed by atoms with Gasteiger partial charge in [0, 0.05) is 9.58 Å². The normalized spacial score (nSPS) is 17.9. The van der Waals surface area contributed by atoms with Crippen LogP contribution in [0.5, 0.6) is 0 Å². The number of ether oxygens (including phenoxy) is 1. The van der Waals surface area contributed by atoms with Crippen molar-refractivity contribution in [1.82, 2.24) is 0 Å². The third-order valence-electron chi connectivity index (χ3n) is 3.38. The first-order valence-electron chi connectivity index (χ1n) is 5.45. The molecule has 0 saturated carbocycles. The minimum atomic E-state index is -0.812. The van der Waals surface area contributed by atoms with E-state index in [1.54, 1.807) is 11.3 Å². The van der Waals surface area contributed by atoms with Crippen molar-refractivity contribution in [2.45, 2.75) is 12.3 Å². The highest BCUT2D eigenvalue weighted by Crippen LogP contribution is 2.42. The van der Waals surface area contributed by atoms with Gasteiger partial charge in [0.1, 0.15) is 5.41 Å². The van der Waals surface area contributed by atoms with E-state index in [0.29, 0.717) is 0 Å². The maximum Gasteiger partial charge on any atom is 0.319 e. The fourth-order valence-corrected chi connectivity index (χ4v) is 3.65. The Kier molecular flexibility index (Phi) is 2.24. The van der Waals surface area contributed by atoms with Gasteiger partial charge in [-0.05, 0) is 23.9 Å². The Bertz CT molecular complexity index is 596. The van der Waals surface area contributed by atoms with Crippen LogP contribution >= 0.6 is 11.3 Å². The van der Waals surface area contributed by atoms with Crippen LogP contribution in [0.1, 0.15) is 10.4 Å². The molecule has 1 saturated heterocycles. The summed E-state index contributed by atoms with van der Waals surface area (Å²) in [6.45, 7) is 2.57. The molecule has 1 fully saturated rings. The summed E-state index contributed by atoms with van der Waals surface area (Å²) >= 11 is 1.57. The van der Waals surface area contributed by atoms with Crippen LogP contribution in [-0.2, 0) is 14.9 Å². The second-order valence-corrected chi connectivity index (χ2v) is 5.48. The molecule has 1 aliphatic heterocycles. The minimum absolute atomic E-state index is 0.288. The van der Waals surface area contributed by atoms with E-state index in [-0.39, 0.29) is 13.2 Å². The lowest BCUT2D eigenvalue weighted by molar-refractivity contribution is -0.162. The van der Waals surface area contributed by atoms with Crippen LogP contribution in [0.25, 0.3) is 10.1 Å². The Morgan fingerprint density at radius 3 is 2.65 bits per heavy atom. The molecule has 2 heterocycles. The third-order valence-corrected chi connectivity index (χ3v) is 4.86. The third kappa shape index (κ3) is 1.34. The molecule has 2 aromatic rings. The Morgan fingerprint density at radius 1 is 1.41 bits per heavy atom. The number of hydrogen-bond donors (Lipinski definition) is 1. The highest BCUT2D eigenvalue weighted by molar-refractivity contribution is 7.19. The van der Waals surface area contributed by atoms with Gasteiger partial charge in [0.2, 0.25) is 0 Å². The fourth-order valence-electron chi connectivity index (χ4n) is 2.29. The number of aliphatic carboxylic acids is 1. The Labute approximate surface area is 103 Å². The number of carbonyl (C=O) groups is 1. The molecule has 0 unspecified atom stereocenters. The Balaban J connectivity index is 2.24. The number of rotatable bonds is 2. The SMILES string of the molecule is Cc1c(C2(C(=O)O)COC2)sc2ccccc12. The molecule has 0 spiro atoms. The van der Waals surface area contributed by atoms with E-state index in [0.717, 1.165) is 20.5 Å². The molecule has 4 heteroatoms. The van der Waals surface area contributed by atoms with Crippen LogP contribution in [0.4, 0.5) is 0 Å². The van der Waals surface area contributed by atoms with E-state index in [9.17, 15) is 9.90 Å². The van der Waals surface area contributed by atoms with E-state index >= 15 is 0 Å². The zero-order chi connectivity index (χ0) is 12.0. The van der Waals surface area contributed by atoms with Crippen LogP contribution < -0.4 is 0 Å². The summed E-state index contributed by atoms with van der Waals surface area (Å²) in [6.07, 6.45) is 0. The molecule has 1 aromatic carbocycles. The number of fused-ring (bicyclic) bond motifs is 1. The molecule has 0 bridgehead atoms. The van der Waals surface area contributed by atoms with E-state index in [4.69, 9.17) is 4.74 Å². The van der Waals surface area contributed by atoms with Crippen molar-refractivity contribution in [1.29, 1.82) is 0 Å². The predicted molar refractivity (Wildman–Crippen MR) is 66.7 cm³/mol. The summed E-state index contributed by atoms with van der Waals surface area (Å²) in [5, 5.41) is 10.6. The van der Waals surface area contributed by atoms with Crippen LogP contribution in [0.15, 0.2) is 24.3 Å². The predicted octanol–water partition coefficient (Wildman–Crippen LogP) is 2.56. The first kappa shape index (κ1) is 10.7. The van der Waals surface area contributed by atoms with Crippen molar-refractivity contribution in [2.24, 2.45) is 0 Å². The molecule has 1 N–H and O–H groups in total. The van der Waals surface area contributed by atoms with Crippen molar-refractivity contribution in [3.63, 3.8) is 0 Å². The number of benzene rings is 1. The zero-order valence-electron chi connectivity index (χ0n) is 9.40. The molecule has 3 nitrogen and oxygen atoms in total. The van der Waals surface area contributed by atoms with E-state index < -0.39 is 11.4 Å². The first-order chi connectivity index (χ1) is 8.15. The summed E-state index contributed by atoms with van der Waals surface area (Å²) < 4.78 is 6.28. The lowest BCUT2D eigenvalue weighted by Crippen LogP contribution is -2.52. The molecule has 0 aliphatic carbocycles. The van der Waals surface area contributed by atoms with Crippen molar-refractivity contribution >= 4 is 27.4 Å². The van der Waals surface area contributed by atoms with Gasteiger partial charge in [-0.1, -0.05) is 18.2 Å². The number of aryl methyl sites for hydroxylation is 1. The number of carboxylic acid groups (broad SMARTS) is 1. The Hall–Kier alpha value is -1.39. The van der Waals surface area contributed by atoms with Gasteiger partial charge in [-0.2, -0.15) is 0 Å². The second-order valence-electron chi connectivity index (χ2n) is 4.43. The topological polar surface area (TPSA) is 46.5 Å². The maximum atomic E-state index is 11.5. The van der Waals surface area contributed by atoms with Crippen LogP contribution in [0.2, 0.25) is 0 Å². The lowest BCUT2D eigenvalue weighted by atomic mass is 9.82. The van der Waals surface area contributed by atoms with Gasteiger partial charge in [-0.3, -0.25) is 4.79 Å². The van der Waals surface area contributed by atoms with Gasteiger partial charge in [0.15, 0.2) is 0 Å². The quantitative estimate of drug-likeness (QED) is 0.888. The molecule has 0 amide bonds. The molecular formula is C13H12O3S.